The number of nitrogens with two attached hydrogens (primary N) is 1. The Morgan fingerprint density at radius 3 is 2.13 bits per heavy atom. The molecule has 52 heavy (non-hydrogen) atoms. The van der Waals surface area contributed by atoms with Gasteiger partial charge in [0, 0.05) is 36.7 Å². The highest BCUT2D eigenvalue weighted by Gasteiger charge is 2.30. The van der Waals surface area contributed by atoms with E-state index in [2.05, 4.69) is 22.0 Å². The maximum atomic E-state index is 13.3. The van der Waals surface area contributed by atoms with Crippen molar-refractivity contribution in [1.29, 1.82) is 0 Å². The summed E-state index contributed by atoms with van der Waals surface area (Å²) in [7, 11) is 3.95. The lowest BCUT2D eigenvalue weighted by Crippen LogP contribution is -2.39. The Balaban J connectivity index is 0.000000233. The van der Waals surface area contributed by atoms with E-state index in [1.54, 1.807) is 18.2 Å². The van der Waals surface area contributed by atoms with Crippen molar-refractivity contribution < 1.29 is 27.9 Å². The molecule has 0 aliphatic carbocycles. The molecular weight excluding hydrogens is 689 g/mol. The van der Waals surface area contributed by atoms with Gasteiger partial charge in [-0.05, 0) is 72.1 Å². The first-order valence-electron chi connectivity index (χ1n) is 16.4. The Labute approximate surface area is 305 Å². The molecule has 11 heteroatoms. The van der Waals surface area contributed by atoms with Gasteiger partial charge in [-0.2, -0.15) is 13.2 Å². The number of carboxylic acids is 1. The van der Waals surface area contributed by atoms with Crippen molar-refractivity contribution in [2.75, 3.05) is 19.3 Å². The van der Waals surface area contributed by atoms with Gasteiger partial charge in [0.05, 0.1) is 21.8 Å². The molecule has 4 N–H and O–H groups in total. The van der Waals surface area contributed by atoms with E-state index in [1.165, 1.54) is 23.8 Å². The molecule has 0 spiro atoms. The summed E-state index contributed by atoms with van der Waals surface area (Å²) in [5.74, 6) is -1.14. The van der Waals surface area contributed by atoms with Gasteiger partial charge < -0.3 is 20.7 Å². The number of nitrogens with zero attached hydrogens (tertiary/aromatic N) is 2. The molecule has 0 saturated carbocycles. The predicted octanol–water partition coefficient (Wildman–Crippen LogP) is 9.02. The zero-order chi connectivity index (χ0) is 37.4. The molecule has 0 saturated heterocycles. The third kappa shape index (κ3) is 9.01. The first-order valence-corrected chi connectivity index (χ1v) is 16.8. The average Bonchev–Trinajstić information content (AvgIpc) is 3.36. The van der Waals surface area contributed by atoms with Crippen LogP contribution in [0, 0.1) is 0 Å². The summed E-state index contributed by atoms with van der Waals surface area (Å²) in [4.78, 5) is 26.4. The normalized spacial score (nSPS) is 11.9. The number of rotatable bonds is 10. The van der Waals surface area contributed by atoms with E-state index in [9.17, 15) is 22.8 Å². The van der Waals surface area contributed by atoms with Crippen LogP contribution in [0.25, 0.3) is 22.0 Å². The van der Waals surface area contributed by atoms with Crippen molar-refractivity contribution in [1.82, 2.24) is 14.8 Å². The molecule has 6 rings (SSSR count). The molecule has 1 atom stereocenters. The van der Waals surface area contributed by atoms with Crippen molar-refractivity contribution in [2.45, 2.75) is 25.2 Å². The van der Waals surface area contributed by atoms with Crippen LogP contribution in [0.1, 0.15) is 38.8 Å². The smallest absolute Gasteiger partial charge is 0.416 e. The van der Waals surface area contributed by atoms with Crippen LogP contribution in [0.3, 0.4) is 0 Å². The maximum Gasteiger partial charge on any atom is 0.416 e. The quantitative estimate of drug-likeness (QED) is 0.122. The van der Waals surface area contributed by atoms with E-state index < -0.39 is 23.8 Å². The third-order valence-electron chi connectivity index (χ3n) is 8.72. The highest BCUT2D eigenvalue weighted by atomic mass is 35.5. The number of aromatic nitrogens is 1. The van der Waals surface area contributed by atoms with Crippen molar-refractivity contribution in [3.8, 4) is 11.1 Å². The van der Waals surface area contributed by atoms with Crippen LogP contribution in [0.4, 0.5) is 18.9 Å². The van der Waals surface area contributed by atoms with Gasteiger partial charge in [-0.15, -0.1) is 0 Å². The molecule has 5 aromatic carbocycles. The fraction of sp³-hybridized carbons (Fsp3) is 0.171. The molecule has 1 aromatic heterocycles. The third-order valence-corrected chi connectivity index (χ3v) is 9.14. The SMILES string of the molecule is CN(Cc1c(Cl)c2cc(N)ccc2n1C)C(C(=O)NCCc1ccccc1)c1ccccc1.O=C(O)c1ccccc1-c1ccc(C(F)(F)F)cc1. The van der Waals surface area contributed by atoms with Gasteiger partial charge in [0.2, 0.25) is 5.91 Å². The van der Waals surface area contributed by atoms with Gasteiger partial charge in [0.1, 0.15) is 6.04 Å². The number of nitrogens with one attached hydrogen (secondary N) is 1. The van der Waals surface area contributed by atoms with E-state index in [-0.39, 0.29) is 11.5 Å². The van der Waals surface area contributed by atoms with E-state index in [0.29, 0.717) is 34.9 Å². The monoisotopic (exact) mass is 726 g/mol. The van der Waals surface area contributed by atoms with Crippen LogP contribution in [-0.4, -0.2) is 40.0 Å². The van der Waals surface area contributed by atoms with Crippen molar-refractivity contribution in [3.05, 3.63) is 160 Å². The van der Waals surface area contributed by atoms with Crippen molar-refractivity contribution in [3.63, 3.8) is 0 Å². The molecule has 1 unspecified atom stereocenters. The fourth-order valence-corrected chi connectivity index (χ4v) is 6.38. The maximum absolute atomic E-state index is 13.3. The number of carbonyl (C=O) groups is 2. The second-order valence-electron chi connectivity index (χ2n) is 12.3. The second-order valence-corrected chi connectivity index (χ2v) is 12.7. The molecule has 0 radical (unpaired) electrons. The zero-order valence-corrected chi connectivity index (χ0v) is 29.3. The minimum absolute atomic E-state index is 0.0289. The topological polar surface area (TPSA) is 101 Å². The van der Waals surface area contributed by atoms with Crippen LogP contribution >= 0.6 is 11.6 Å². The Morgan fingerprint density at radius 2 is 1.50 bits per heavy atom. The molecule has 0 aliphatic rings. The van der Waals surface area contributed by atoms with Gasteiger partial charge in [-0.3, -0.25) is 9.69 Å². The summed E-state index contributed by atoms with van der Waals surface area (Å²) < 4.78 is 39.4. The number of carboxylic acid groups (broad SMARTS) is 1. The molecule has 0 bridgehead atoms. The number of carbonyl (C=O) groups excluding carboxylic acids is 1. The number of amides is 1. The lowest BCUT2D eigenvalue weighted by molar-refractivity contribution is -0.137. The minimum atomic E-state index is -4.40. The van der Waals surface area contributed by atoms with Crippen LogP contribution in [0.15, 0.2) is 127 Å². The number of nitrogen functional groups attached to an aromatic ring is 1. The Hall–Kier alpha value is -5.58. The number of hydrogen-bond donors (Lipinski definition) is 3. The van der Waals surface area contributed by atoms with Crippen LogP contribution in [-0.2, 0) is 31.0 Å². The highest BCUT2D eigenvalue weighted by Crippen LogP contribution is 2.34. The Kier molecular flexibility index (Phi) is 12.0. The van der Waals surface area contributed by atoms with Gasteiger partial charge >= 0.3 is 12.1 Å². The van der Waals surface area contributed by atoms with Crippen molar-refractivity contribution >= 4 is 40.1 Å². The van der Waals surface area contributed by atoms with E-state index in [1.807, 2.05) is 85.7 Å². The highest BCUT2D eigenvalue weighted by molar-refractivity contribution is 6.36. The molecule has 6 aromatic rings. The number of halogens is 4. The van der Waals surface area contributed by atoms with Gasteiger partial charge in [0.25, 0.3) is 0 Å². The lowest BCUT2D eigenvalue weighted by atomic mass is 9.99. The fourth-order valence-electron chi connectivity index (χ4n) is 6.05. The van der Waals surface area contributed by atoms with Crippen LogP contribution < -0.4 is 11.1 Å². The number of aryl methyl sites for hydroxylation is 1. The summed E-state index contributed by atoms with van der Waals surface area (Å²) in [6.45, 7) is 1.09. The minimum Gasteiger partial charge on any atom is -0.478 e. The number of alkyl halides is 3. The number of hydrogen-bond acceptors (Lipinski definition) is 4. The largest absolute Gasteiger partial charge is 0.478 e. The number of fused-ring (bicyclic) bond motifs is 1. The van der Waals surface area contributed by atoms with E-state index in [4.69, 9.17) is 22.4 Å². The predicted molar refractivity (Wildman–Crippen MR) is 200 cm³/mol. The summed E-state index contributed by atoms with van der Waals surface area (Å²) in [6.07, 6.45) is -3.61. The molecule has 0 fully saturated rings. The summed E-state index contributed by atoms with van der Waals surface area (Å²) >= 11 is 6.76. The molecule has 7 nitrogen and oxygen atoms in total. The van der Waals surface area contributed by atoms with Gasteiger partial charge in [-0.25, -0.2) is 4.79 Å². The number of benzene rings is 5. The molecular formula is C41H38ClF3N4O3. The standard InChI is InChI=1S/C27H29ClN4O.C14H9F3O2/c1-31(18-24-25(28)22-17-21(29)13-14-23(22)32(24)2)26(20-11-7-4-8-12-20)27(33)30-16-15-19-9-5-3-6-10-19;15-14(16,17)10-7-5-9(6-8-10)11-3-1-2-4-12(11)13(18)19/h3-14,17,26H,15-16,18,29H2,1-2H3,(H,30,33);1-8H,(H,18,19). The molecule has 1 amide bonds. The molecule has 268 valence electrons. The number of aromatic carboxylic acids is 1. The Bertz CT molecular complexity index is 2140. The van der Waals surface area contributed by atoms with Crippen molar-refractivity contribution in [2.24, 2.45) is 7.05 Å². The lowest BCUT2D eigenvalue weighted by Gasteiger charge is -2.28. The summed E-state index contributed by atoms with van der Waals surface area (Å²) in [5, 5.41) is 13.7. The van der Waals surface area contributed by atoms with E-state index in [0.717, 1.165) is 40.7 Å². The molecule has 1 heterocycles. The first kappa shape index (κ1) is 37.7. The summed E-state index contributed by atoms with van der Waals surface area (Å²) in [5.41, 5.74) is 10.9. The van der Waals surface area contributed by atoms with Gasteiger partial charge in [-0.1, -0.05) is 103 Å². The van der Waals surface area contributed by atoms with E-state index >= 15 is 0 Å². The van der Waals surface area contributed by atoms with Crippen LogP contribution in [0.5, 0.6) is 0 Å². The first-order chi connectivity index (χ1) is 24.8. The zero-order valence-electron chi connectivity index (χ0n) is 28.6. The Morgan fingerprint density at radius 1 is 0.885 bits per heavy atom. The van der Waals surface area contributed by atoms with Gasteiger partial charge in [0.15, 0.2) is 0 Å². The van der Waals surface area contributed by atoms with Crippen LogP contribution in [0.2, 0.25) is 5.02 Å². The molecule has 0 aliphatic heterocycles. The number of likely N-dealkylation sites (N-methyl/N-ethyl adjacent to an activating group) is 1. The summed E-state index contributed by atoms with van der Waals surface area (Å²) in [6, 6.07) is 35.9. The second kappa shape index (κ2) is 16.6. The average molecular weight is 727 g/mol. The number of anilines is 1.